The van der Waals surface area contributed by atoms with Gasteiger partial charge in [0.05, 0.1) is 0 Å². The average molecular weight is 459 g/mol. The summed E-state index contributed by atoms with van der Waals surface area (Å²) in [5.41, 5.74) is 2.36. The molecule has 0 spiro atoms. The minimum Gasteiger partial charge on any atom is -0.357 e. The number of guanidine groups is 1. The van der Waals surface area contributed by atoms with Crippen molar-refractivity contribution < 1.29 is 0 Å². The maximum atomic E-state index is 6.05. The minimum absolute atomic E-state index is 0. The molecule has 2 aromatic rings. The lowest BCUT2D eigenvalue weighted by Crippen LogP contribution is -2.38. The van der Waals surface area contributed by atoms with Crippen LogP contribution in [-0.4, -0.2) is 36.0 Å². The summed E-state index contributed by atoms with van der Waals surface area (Å²) in [4.78, 5) is 10.9. The number of aromatic nitrogens is 1. The van der Waals surface area contributed by atoms with E-state index in [0.717, 1.165) is 42.6 Å². The lowest BCUT2D eigenvalue weighted by Gasteiger charge is -2.22. The van der Waals surface area contributed by atoms with Crippen molar-refractivity contribution in [1.29, 1.82) is 0 Å². The van der Waals surface area contributed by atoms with Gasteiger partial charge in [0, 0.05) is 44.1 Å². The van der Waals surface area contributed by atoms with Crippen LogP contribution in [0.2, 0.25) is 5.02 Å². The average Bonchev–Trinajstić information content (AvgIpc) is 2.55. The molecule has 0 saturated carbocycles. The molecular formula is C18H24ClIN4. The van der Waals surface area contributed by atoms with Gasteiger partial charge >= 0.3 is 0 Å². The fourth-order valence-corrected chi connectivity index (χ4v) is 2.50. The van der Waals surface area contributed by atoms with Gasteiger partial charge in [0.15, 0.2) is 5.96 Å². The molecule has 0 unspecified atom stereocenters. The molecule has 1 heterocycles. The highest BCUT2D eigenvalue weighted by Crippen LogP contribution is 2.12. The minimum atomic E-state index is 0. The maximum absolute atomic E-state index is 6.05. The van der Waals surface area contributed by atoms with Crippen LogP contribution in [0, 0.1) is 0 Å². The fourth-order valence-electron chi connectivity index (χ4n) is 2.29. The molecule has 24 heavy (non-hydrogen) atoms. The van der Waals surface area contributed by atoms with E-state index in [1.165, 1.54) is 5.56 Å². The number of aliphatic imine (C=N–C) groups is 1. The van der Waals surface area contributed by atoms with Crippen LogP contribution in [0.25, 0.3) is 0 Å². The van der Waals surface area contributed by atoms with Crippen molar-refractivity contribution in [3.63, 3.8) is 0 Å². The lowest BCUT2D eigenvalue weighted by molar-refractivity contribution is 0.477. The van der Waals surface area contributed by atoms with Crippen LogP contribution >= 0.6 is 35.6 Å². The monoisotopic (exact) mass is 458 g/mol. The molecular weight excluding hydrogens is 435 g/mol. The summed E-state index contributed by atoms with van der Waals surface area (Å²) >= 11 is 6.05. The Bertz CT molecular complexity index is 634. The highest BCUT2D eigenvalue weighted by molar-refractivity contribution is 14.0. The Kier molecular flexibility index (Phi) is 9.71. The second kappa shape index (κ2) is 11.3. The highest BCUT2D eigenvalue weighted by atomic mass is 127. The van der Waals surface area contributed by atoms with E-state index in [2.05, 4.69) is 34.3 Å². The van der Waals surface area contributed by atoms with Gasteiger partial charge in [-0.1, -0.05) is 29.8 Å². The first-order chi connectivity index (χ1) is 11.2. The Morgan fingerprint density at radius 2 is 2.04 bits per heavy atom. The number of nitrogens with zero attached hydrogens (tertiary/aromatic N) is 3. The molecule has 0 aliphatic carbocycles. The van der Waals surface area contributed by atoms with Crippen LogP contribution in [0.5, 0.6) is 0 Å². The van der Waals surface area contributed by atoms with Crippen LogP contribution < -0.4 is 5.32 Å². The van der Waals surface area contributed by atoms with E-state index in [1.807, 2.05) is 37.5 Å². The van der Waals surface area contributed by atoms with Crippen molar-refractivity contribution in [2.24, 2.45) is 4.99 Å². The van der Waals surface area contributed by atoms with E-state index in [-0.39, 0.29) is 24.0 Å². The van der Waals surface area contributed by atoms with E-state index >= 15 is 0 Å². The predicted octanol–water partition coefficient (Wildman–Crippen LogP) is 3.99. The summed E-state index contributed by atoms with van der Waals surface area (Å²) in [6.07, 6.45) is 4.56. The Morgan fingerprint density at radius 1 is 1.25 bits per heavy atom. The number of nitrogens with one attached hydrogen (secondary N) is 1. The summed E-state index contributed by atoms with van der Waals surface area (Å²) in [5, 5.41) is 4.09. The van der Waals surface area contributed by atoms with Gasteiger partial charge in [-0.2, -0.15) is 0 Å². The molecule has 6 heteroatoms. The van der Waals surface area contributed by atoms with Crippen molar-refractivity contribution in [1.82, 2.24) is 15.2 Å². The smallest absolute Gasteiger partial charge is 0.193 e. The van der Waals surface area contributed by atoms with Crippen LogP contribution in [0.4, 0.5) is 0 Å². The highest BCUT2D eigenvalue weighted by Gasteiger charge is 2.06. The first kappa shape index (κ1) is 20.7. The first-order valence-corrected chi connectivity index (χ1v) is 8.19. The molecule has 0 bridgehead atoms. The van der Waals surface area contributed by atoms with Gasteiger partial charge in [-0.15, -0.1) is 24.0 Å². The quantitative estimate of drug-likeness (QED) is 0.404. The van der Waals surface area contributed by atoms with Crippen LogP contribution in [0.15, 0.2) is 53.8 Å². The third-order valence-corrected chi connectivity index (χ3v) is 3.63. The Morgan fingerprint density at radius 3 is 2.71 bits per heavy atom. The van der Waals surface area contributed by atoms with Gasteiger partial charge in [0.2, 0.25) is 0 Å². The summed E-state index contributed by atoms with van der Waals surface area (Å²) in [6, 6.07) is 11.9. The van der Waals surface area contributed by atoms with Gasteiger partial charge in [-0.05, 0) is 42.7 Å². The number of rotatable bonds is 6. The summed E-state index contributed by atoms with van der Waals surface area (Å²) in [7, 11) is 2.03. The Balaban J connectivity index is 0.00000288. The third-order valence-electron chi connectivity index (χ3n) is 3.39. The largest absolute Gasteiger partial charge is 0.357 e. The summed E-state index contributed by atoms with van der Waals surface area (Å²) in [6.45, 7) is 4.41. The number of hydrogen-bond acceptors (Lipinski definition) is 2. The van der Waals surface area contributed by atoms with Crippen molar-refractivity contribution in [2.45, 2.75) is 19.9 Å². The van der Waals surface area contributed by atoms with Crippen LogP contribution in [0.1, 0.15) is 18.1 Å². The van der Waals surface area contributed by atoms with Crippen LogP contribution in [-0.2, 0) is 13.0 Å². The van der Waals surface area contributed by atoms with E-state index in [4.69, 9.17) is 16.6 Å². The van der Waals surface area contributed by atoms with Crippen molar-refractivity contribution in [3.05, 3.63) is 64.9 Å². The molecule has 0 fully saturated rings. The predicted molar refractivity (Wildman–Crippen MR) is 112 cm³/mol. The van der Waals surface area contributed by atoms with E-state index in [9.17, 15) is 0 Å². The van der Waals surface area contributed by atoms with Crippen molar-refractivity contribution >= 4 is 41.5 Å². The SMILES string of the molecule is CCNC(=NCCc1cccnc1)N(C)Cc1cccc(Cl)c1.I. The maximum Gasteiger partial charge on any atom is 0.193 e. The lowest BCUT2D eigenvalue weighted by atomic mass is 10.2. The molecule has 1 N–H and O–H groups in total. The fraction of sp³-hybridized carbons (Fsp3) is 0.333. The van der Waals surface area contributed by atoms with Gasteiger partial charge < -0.3 is 10.2 Å². The molecule has 0 saturated heterocycles. The zero-order valence-electron chi connectivity index (χ0n) is 14.1. The molecule has 0 aliphatic rings. The topological polar surface area (TPSA) is 40.5 Å². The molecule has 4 nitrogen and oxygen atoms in total. The van der Waals surface area contributed by atoms with Gasteiger partial charge in [0.25, 0.3) is 0 Å². The zero-order chi connectivity index (χ0) is 16.5. The summed E-state index contributed by atoms with van der Waals surface area (Å²) in [5.74, 6) is 0.899. The number of halogens is 2. The molecule has 1 aromatic heterocycles. The summed E-state index contributed by atoms with van der Waals surface area (Å²) < 4.78 is 0. The normalized spacial score (nSPS) is 10.9. The van der Waals surface area contributed by atoms with E-state index in [1.54, 1.807) is 6.20 Å². The number of pyridine rings is 1. The second-order valence-corrected chi connectivity index (χ2v) is 5.77. The Hall–Kier alpha value is -1.34. The molecule has 0 radical (unpaired) electrons. The molecule has 130 valence electrons. The second-order valence-electron chi connectivity index (χ2n) is 5.33. The van der Waals surface area contributed by atoms with E-state index in [0.29, 0.717) is 0 Å². The van der Waals surface area contributed by atoms with Gasteiger partial charge in [0.1, 0.15) is 0 Å². The number of benzene rings is 1. The van der Waals surface area contributed by atoms with Gasteiger partial charge in [-0.25, -0.2) is 0 Å². The Labute approximate surface area is 166 Å². The third kappa shape index (κ3) is 7.05. The van der Waals surface area contributed by atoms with E-state index < -0.39 is 0 Å². The molecule has 0 amide bonds. The first-order valence-electron chi connectivity index (χ1n) is 7.82. The van der Waals surface area contributed by atoms with Gasteiger partial charge in [-0.3, -0.25) is 9.98 Å². The van der Waals surface area contributed by atoms with Crippen molar-refractivity contribution in [3.8, 4) is 0 Å². The molecule has 2 rings (SSSR count). The van der Waals surface area contributed by atoms with Crippen LogP contribution in [0.3, 0.4) is 0 Å². The number of hydrogen-bond donors (Lipinski definition) is 1. The standard InChI is InChI=1S/C18H23ClN4.HI/c1-3-21-18(22-11-9-15-7-5-10-20-13-15)23(2)14-16-6-4-8-17(19)12-16;/h4-8,10,12-13H,3,9,11,14H2,1-2H3,(H,21,22);1H. The van der Waals surface area contributed by atoms with Crippen molar-refractivity contribution in [2.75, 3.05) is 20.1 Å². The molecule has 0 atom stereocenters. The molecule has 0 aliphatic heterocycles. The zero-order valence-corrected chi connectivity index (χ0v) is 17.2. The molecule has 1 aromatic carbocycles.